The number of amides is 2. The van der Waals surface area contributed by atoms with Gasteiger partial charge in [0.25, 0.3) is 0 Å². The number of ether oxygens (including phenoxy) is 3. The number of hydrogen-bond donors (Lipinski definition) is 1. The van der Waals surface area contributed by atoms with Gasteiger partial charge in [0.1, 0.15) is 18.3 Å². The third-order valence-electron chi connectivity index (χ3n) is 6.52. The Morgan fingerprint density at radius 1 is 1.03 bits per heavy atom. The molecule has 0 radical (unpaired) electrons. The number of methoxy groups -OCH3 is 1. The van der Waals surface area contributed by atoms with E-state index in [4.69, 9.17) is 14.2 Å². The monoisotopic (exact) mass is 547 g/mol. The van der Waals surface area contributed by atoms with Gasteiger partial charge in [-0.25, -0.2) is 8.42 Å². The van der Waals surface area contributed by atoms with Crippen LogP contribution in [0.15, 0.2) is 42.5 Å². The summed E-state index contributed by atoms with van der Waals surface area (Å²) in [4.78, 5) is 28.5. The van der Waals surface area contributed by atoms with Crippen molar-refractivity contribution in [3.63, 3.8) is 0 Å². The van der Waals surface area contributed by atoms with Crippen LogP contribution in [0.3, 0.4) is 0 Å². The van der Waals surface area contributed by atoms with Crippen LogP contribution in [0, 0.1) is 0 Å². The third-order valence-corrected chi connectivity index (χ3v) is 8.26. The molecule has 1 aliphatic rings. The molecule has 1 N–H and O–H groups in total. The van der Waals surface area contributed by atoms with Crippen molar-refractivity contribution in [1.29, 1.82) is 0 Å². The smallest absolute Gasteiger partial charge is 0.244 e. The maximum absolute atomic E-state index is 13.9. The van der Waals surface area contributed by atoms with Crippen molar-refractivity contribution in [1.82, 2.24) is 10.2 Å². The first-order chi connectivity index (χ1) is 18.1. The van der Waals surface area contributed by atoms with E-state index in [1.807, 2.05) is 32.9 Å². The molecule has 2 atom stereocenters. The van der Waals surface area contributed by atoms with Crippen LogP contribution in [0.5, 0.6) is 17.2 Å². The van der Waals surface area contributed by atoms with Crippen LogP contribution in [-0.2, 0) is 26.2 Å². The fraction of sp³-hybridized carbons (Fsp3) is 0.481. The maximum atomic E-state index is 13.9. The Hall–Kier alpha value is -3.47. The number of rotatable bonds is 13. The molecule has 0 spiro atoms. The van der Waals surface area contributed by atoms with Crippen LogP contribution in [0.4, 0.5) is 5.69 Å². The average Bonchev–Trinajstić information content (AvgIpc) is 3.39. The molecule has 0 saturated heterocycles. The summed E-state index contributed by atoms with van der Waals surface area (Å²) < 4.78 is 43.3. The van der Waals surface area contributed by atoms with Crippen molar-refractivity contribution in [2.45, 2.75) is 59.2 Å². The van der Waals surface area contributed by atoms with Gasteiger partial charge in [0.2, 0.25) is 28.6 Å². The van der Waals surface area contributed by atoms with Crippen molar-refractivity contribution in [2.24, 2.45) is 0 Å². The lowest BCUT2D eigenvalue weighted by molar-refractivity contribution is -0.140. The predicted octanol–water partition coefficient (Wildman–Crippen LogP) is 3.30. The minimum atomic E-state index is -3.84. The molecular formula is C27H37N3O7S. The van der Waals surface area contributed by atoms with Crippen LogP contribution >= 0.6 is 0 Å². The summed E-state index contributed by atoms with van der Waals surface area (Å²) >= 11 is 0. The number of nitrogens with one attached hydrogen (secondary N) is 1. The van der Waals surface area contributed by atoms with Crippen molar-refractivity contribution >= 4 is 27.5 Å². The fourth-order valence-corrected chi connectivity index (χ4v) is 5.10. The molecule has 2 aromatic rings. The van der Waals surface area contributed by atoms with Crippen LogP contribution in [-0.4, -0.2) is 63.4 Å². The lowest BCUT2D eigenvalue weighted by Gasteiger charge is -2.33. The summed E-state index contributed by atoms with van der Waals surface area (Å²) in [6.45, 7) is 6.89. The molecule has 0 unspecified atom stereocenters. The Labute approximate surface area is 224 Å². The van der Waals surface area contributed by atoms with E-state index in [0.29, 0.717) is 23.7 Å². The molecule has 2 amide bonds. The summed E-state index contributed by atoms with van der Waals surface area (Å²) in [5.74, 6) is 0.580. The number of anilines is 1. The Kier molecular flexibility index (Phi) is 9.84. The minimum absolute atomic E-state index is 0.0390. The van der Waals surface area contributed by atoms with Gasteiger partial charge in [0, 0.05) is 18.7 Å². The van der Waals surface area contributed by atoms with E-state index >= 15 is 0 Å². The topological polar surface area (TPSA) is 114 Å². The highest BCUT2D eigenvalue weighted by Gasteiger charge is 2.33. The van der Waals surface area contributed by atoms with E-state index in [1.165, 1.54) is 11.8 Å². The zero-order valence-corrected chi connectivity index (χ0v) is 23.4. The normalized spacial score (nSPS) is 13.9. The fourth-order valence-electron chi connectivity index (χ4n) is 4.05. The molecular weight excluding hydrogens is 510 g/mol. The zero-order valence-electron chi connectivity index (χ0n) is 22.6. The van der Waals surface area contributed by atoms with Crippen LogP contribution in [0.2, 0.25) is 0 Å². The second-order valence-electron chi connectivity index (χ2n) is 9.06. The second-order valence-corrected chi connectivity index (χ2v) is 11.2. The highest BCUT2D eigenvalue weighted by atomic mass is 32.2. The van der Waals surface area contributed by atoms with E-state index in [-0.39, 0.29) is 36.7 Å². The average molecular weight is 548 g/mol. The van der Waals surface area contributed by atoms with E-state index in [2.05, 4.69) is 5.32 Å². The molecule has 38 heavy (non-hydrogen) atoms. The zero-order chi connectivity index (χ0) is 27.9. The molecule has 0 aliphatic carbocycles. The lowest BCUT2D eigenvalue weighted by Crippen LogP contribution is -2.53. The molecule has 2 aromatic carbocycles. The predicted molar refractivity (Wildman–Crippen MR) is 145 cm³/mol. The number of fused-ring (bicyclic) bond motifs is 1. The van der Waals surface area contributed by atoms with E-state index < -0.39 is 28.5 Å². The van der Waals surface area contributed by atoms with Gasteiger partial charge in [-0.1, -0.05) is 26.0 Å². The first-order valence-corrected chi connectivity index (χ1v) is 14.4. The van der Waals surface area contributed by atoms with Gasteiger partial charge in [0.05, 0.1) is 18.6 Å². The molecule has 1 aliphatic heterocycles. The summed E-state index contributed by atoms with van der Waals surface area (Å²) in [6.07, 6.45) is 1.09. The first kappa shape index (κ1) is 29.1. The quantitative estimate of drug-likeness (QED) is 0.409. The molecule has 3 rings (SSSR count). The number of nitrogens with zero attached hydrogens (tertiary/aromatic N) is 2. The summed E-state index contributed by atoms with van der Waals surface area (Å²) in [5.41, 5.74) is 1.06. The van der Waals surface area contributed by atoms with Gasteiger partial charge in [-0.3, -0.25) is 13.9 Å². The minimum Gasteiger partial charge on any atom is -0.497 e. The van der Waals surface area contributed by atoms with Gasteiger partial charge >= 0.3 is 0 Å². The largest absolute Gasteiger partial charge is 0.497 e. The number of carbonyl (C=O) groups excluding carboxylic acids is 2. The van der Waals surface area contributed by atoms with Crippen molar-refractivity contribution in [2.75, 3.05) is 30.5 Å². The first-order valence-electron chi connectivity index (χ1n) is 12.8. The number of benzene rings is 2. The number of sulfonamides is 1. The van der Waals surface area contributed by atoms with E-state index in [0.717, 1.165) is 16.3 Å². The summed E-state index contributed by atoms with van der Waals surface area (Å²) in [7, 11) is -2.28. The number of hydrogen-bond acceptors (Lipinski definition) is 7. The van der Waals surface area contributed by atoms with Gasteiger partial charge in [0.15, 0.2) is 11.5 Å². The van der Waals surface area contributed by atoms with Crippen molar-refractivity contribution in [3.05, 3.63) is 48.0 Å². The molecule has 10 nitrogen and oxygen atoms in total. The Morgan fingerprint density at radius 3 is 2.32 bits per heavy atom. The van der Waals surface area contributed by atoms with Gasteiger partial charge in [-0.15, -0.1) is 0 Å². The lowest BCUT2D eigenvalue weighted by atomic mass is 10.1. The molecule has 0 bridgehead atoms. The van der Waals surface area contributed by atoms with Crippen molar-refractivity contribution in [3.8, 4) is 17.2 Å². The Bertz CT molecular complexity index is 1220. The van der Waals surface area contributed by atoms with Gasteiger partial charge < -0.3 is 24.4 Å². The molecule has 1 heterocycles. The molecule has 11 heteroatoms. The summed E-state index contributed by atoms with van der Waals surface area (Å²) in [6, 6.07) is 11.1. The van der Waals surface area contributed by atoms with Crippen LogP contribution in [0.1, 0.15) is 46.1 Å². The van der Waals surface area contributed by atoms with E-state index in [1.54, 1.807) is 37.4 Å². The van der Waals surface area contributed by atoms with Crippen LogP contribution in [0.25, 0.3) is 0 Å². The molecule has 0 aromatic heterocycles. The van der Waals surface area contributed by atoms with Crippen LogP contribution < -0.4 is 23.8 Å². The SMILES string of the molecule is CC[C@H](C)NC(=O)[C@H](CC)N(Cc1ccc(OC)cc1)C(=O)CN(c1ccc2c(c1)OCO2)S(=O)(=O)CC. The highest BCUT2D eigenvalue weighted by molar-refractivity contribution is 7.92. The Balaban J connectivity index is 1.97. The van der Waals surface area contributed by atoms with Gasteiger partial charge in [-0.05, 0) is 56.5 Å². The molecule has 0 fully saturated rings. The standard InChI is InChI=1S/C27H37N3O7S/c1-6-19(4)28-27(32)23(7-2)29(16-20-9-12-22(35-5)13-10-20)26(31)17-30(38(33,34)8-3)21-11-14-24-25(15-21)37-18-36-24/h9-15,19,23H,6-8,16-18H2,1-5H3,(H,28,32)/t19-,23-/m0/s1. The number of carbonyl (C=O) groups is 2. The maximum Gasteiger partial charge on any atom is 0.244 e. The molecule has 208 valence electrons. The second kappa shape index (κ2) is 12.9. The Morgan fingerprint density at radius 2 is 1.71 bits per heavy atom. The highest BCUT2D eigenvalue weighted by Crippen LogP contribution is 2.36. The van der Waals surface area contributed by atoms with Gasteiger partial charge in [-0.2, -0.15) is 0 Å². The van der Waals surface area contributed by atoms with E-state index in [9.17, 15) is 18.0 Å². The summed E-state index contributed by atoms with van der Waals surface area (Å²) in [5, 5.41) is 2.96. The van der Waals surface area contributed by atoms with Crippen molar-refractivity contribution < 1.29 is 32.2 Å². The third kappa shape index (κ3) is 6.89. The molecule has 0 saturated carbocycles.